The molecule has 0 aliphatic carbocycles. The largest absolute Gasteiger partial charge is 0.481 e. The van der Waals surface area contributed by atoms with E-state index in [0.717, 1.165) is 17.7 Å². The third kappa shape index (κ3) is 3.58. The summed E-state index contributed by atoms with van der Waals surface area (Å²) in [4.78, 5) is 16.4. The highest BCUT2D eigenvalue weighted by atomic mass is 16.4. The van der Waals surface area contributed by atoms with Crippen LogP contribution in [-0.2, 0) is 11.2 Å². The summed E-state index contributed by atoms with van der Waals surface area (Å²) in [5, 5.41) is 8.54. The molecule has 1 aromatic heterocycles. The van der Waals surface area contributed by atoms with Crippen LogP contribution in [0.3, 0.4) is 0 Å². The molecule has 82 valence electrons. The Kier molecular flexibility index (Phi) is 4.09. The van der Waals surface area contributed by atoms with E-state index in [4.69, 9.17) is 5.11 Å². The number of carboxylic acid groups (broad SMARTS) is 1. The molecule has 0 amide bonds. The van der Waals surface area contributed by atoms with Crippen LogP contribution in [0, 0.1) is 0 Å². The highest BCUT2D eigenvalue weighted by Crippen LogP contribution is 2.18. The fourth-order valence-electron chi connectivity index (χ4n) is 1.48. The standard InChI is InChI=1S/C11H16N2O2/c1-13(2)10-6-7-12-8-9(10)4-3-5-11(14)15/h6-8H,3-5H2,1-2H3,(H,14,15). The Morgan fingerprint density at radius 1 is 1.53 bits per heavy atom. The van der Waals surface area contributed by atoms with Gasteiger partial charge in [0.1, 0.15) is 0 Å². The van der Waals surface area contributed by atoms with E-state index in [2.05, 4.69) is 4.98 Å². The molecule has 0 fully saturated rings. The van der Waals surface area contributed by atoms with E-state index in [9.17, 15) is 4.79 Å². The number of anilines is 1. The van der Waals surface area contributed by atoms with Gasteiger partial charge >= 0.3 is 5.97 Å². The molecule has 1 aromatic rings. The number of pyridine rings is 1. The Labute approximate surface area is 89.6 Å². The molecule has 15 heavy (non-hydrogen) atoms. The molecule has 1 heterocycles. The lowest BCUT2D eigenvalue weighted by molar-refractivity contribution is -0.137. The van der Waals surface area contributed by atoms with Crippen molar-refractivity contribution in [1.82, 2.24) is 4.98 Å². The number of carbonyl (C=O) groups is 1. The van der Waals surface area contributed by atoms with Gasteiger partial charge in [-0.15, -0.1) is 0 Å². The predicted octanol–water partition coefficient (Wildman–Crippen LogP) is 1.55. The second-order valence-corrected chi connectivity index (χ2v) is 3.65. The molecule has 0 saturated carbocycles. The van der Waals surface area contributed by atoms with Crippen molar-refractivity contribution < 1.29 is 9.90 Å². The lowest BCUT2D eigenvalue weighted by Crippen LogP contribution is -2.11. The zero-order valence-electron chi connectivity index (χ0n) is 9.10. The van der Waals surface area contributed by atoms with Crippen molar-refractivity contribution in [3.8, 4) is 0 Å². The van der Waals surface area contributed by atoms with Gasteiger partial charge in [-0.3, -0.25) is 9.78 Å². The number of aromatic nitrogens is 1. The number of aryl methyl sites for hydroxylation is 1. The topological polar surface area (TPSA) is 53.4 Å². The van der Waals surface area contributed by atoms with Crippen LogP contribution in [0.4, 0.5) is 5.69 Å². The first-order valence-electron chi connectivity index (χ1n) is 4.93. The van der Waals surface area contributed by atoms with E-state index in [0.29, 0.717) is 6.42 Å². The SMILES string of the molecule is CN(C)c1ccncc1CCCC(=O)O. The zero-order valence-corrected chi connectivity index (χ0v) is 9.10. The quantitative estimate of drug-likeness (QED) is 0.797. The minimum Gasteiger partial charge on any atom is -0.481 e. The smallest absolute Gasteiger partial charge is 0.303 e. The third-order valence-corrected chi connectivity index (χ3v) is 2.20. The van der Waals surface area contributed by atoms with Crippen molar-refractivity contribution in [3.63, 3.8) is 0 Å². The molecule has 1 rings (SSSR count). The normalized spacial score (nSPS) is 10.0. The zero-order chi connectivity index (χ0) is 11.3. The minimum atomic E-state index is -0.745. The van der Waals surface area contributed by atoms with Gasteiger partial charge in [0.05, 0.1) is 0 Å². The highest BCUT2D eigenvalue weighted by molar-refractivity contribution is 5.66. The van der Waals surface area contributed by atoms with Crippen molar-refractivity contribution in [2.24, 2.45) is 0 Å². The first-order valence-corrected chi connectivity index (χ1v) is 4.93. The van der Waals surface area contributed by atoms with Gasteiger partial charge in [-0.25, -0.2) is 0 Å². The highest BCUT2D eigenvalue weighted by Gasteiger charge is 2.05. The Morgan fingerprint density at radius 2 is 2.27 bits per heavy atom. The van der Waals surface area contributed by atoms with Gasteiger partial charge in [-0.2, -0.15) is 0 Å². The molecule has 0 bridgehead atoms. The van der Waals surface area contributed by atoms with Gasteiger partial charge in [0.15, 0.2) is 0 Å². The number of hydrogen-bond acceptors (Lipinski definition) is 3. The molecule has 0 saturated heterocycles. The van der Waals surface area contributed by atoms with Crippen LogP contribution in [0.1, 0.15) is 18.4 Å². The Hall–Kier alpha value is -1.58. The van der Waals surface area contributed by atoms with E-state index in [1.165, 1.54) is 0 Å². The summed E-state index contributed by atoms with van der Waals surface area (Å²) >= 11 is 0. The maximum Gasteiger partial charge on any atom is 0.303 e. The van der Waals surface area contributed by atoms with E-state index in [1.54, 1.807) is 12.4 Å². The van der Waals surface area contributed by atoms with Crippen molar-refractivity contribution in [1.29, 1.82) is 0 Å². The van der Waals surface area contributed by atoms with E-state index >= 15 is 0 Å². The Morgan fingerprint density at radius 3 is 2.87 bits per heavy atom. The van der Waals surface area contributed by atoms with Crippen molar-refractivity contribution in [3.05, 3.63) is 24.0 Å². The molecular formula is C11H16N2O2. The van der Waals surface area contributed by atoms with Gasteiger partial charge < -0.3 is 10.0 Å². The fourth-order valence-corrected chi connectivity index (χ4v) is 1.48. The fraction of sp³-hybridized carbons (Fsp3) is 0.455. The van der Waals surface area contributed by atoms with Gasteiger partial charge in [-0.05, 0) is 24.5 Å². The molecule has 0 spiro atoms. The van der Waals surface area contributed by atoms with Crippen molar-refractivity contribution in [2.45, 2.75) is 19.3 Å². The third-order valence-electron chi connectivity index (χ3n) is 2.20. The van der Waals surface area contributed by atoms with Crippen LogP contribution < -0.4 is 4.90 Å². The predicted molar refractivity (Wildman–Crippen MR) is 59.1 cm³/mol. The first-order chi connectivity index (χ1) is 7.11. The molecule has 4 nitrogen and oxygen atoms in total. The number of carboxylic acids is 1. The van der Waals surface area contributed by atoms with Gasteiger partial charge in [-0.1, -0.05) is 0 Å². The lowest BCUT2D eigenvalue weighted by Gasteiger charge is -2.16. The number of nitrogens with zero attached hydrogens (tertiary/aromatic N) is 2. The summed E-state index contributed by atoms with van der Waals surface area (Å²) < 4.78 is 0. The van der Waals surface area contributed by atoms with Gasteiger partial charge in [0, 0.05) is 38.6 Å². The minimum absolute atomic E-state index is 0.210. The van der Waals surface area contributed by atoms with Crippen molar-refractivity contribution in [2.75, 3.05) is 19.0 Å². The summed E-state index contributed by atoms with van der Waals surface area (Å²) in [6.45, 7) is 0. The molecule has 0 unspecified atom stereocenters. The summed E-state index contributed by atoms with van der Waals surface area (Å²) in [5.41, 5.74) is 2.21. The summed E-state index contributed by atoms with van der Waals surface area (Å²) in [6.07, 6.45) is 5.17. The van der Waals surface area contributed by atoms with Crippen LogP contribution in [-0.4, -0.2) is 30.2 Å². The van der Waals surface area contributed by atoms with Crippen LogP contribution in [0.15, 0.2) is 18.5 Å². The van der Waals surface area contributed by atoms with Gasteiger partial charge in [0.25, 0.3) is 0 Å². The number of hydrogen-bond donors (Lipinski definition) is 1. The van der Waals surface area contributed by atoms with E-state index < -0.39 is 5.97 Å². The monoisotopic (exact) mass is 208 g/mol. The second-order valence-electron chi connectivity index (χ2n) is 3.65. The molecule has 4 heteroatoms. The maximum atomic E-state index is 10.4. The summed E-state index contributed by atoms with van der Waals surface area (Å²) in [6, 6.07) is 1.94. The van der Waals surface area contributed by atoms with Gasteiger partial charge in [0.2, 0.25) is 0 Å². The molecule has 0 radical (unpaired) electrons. The van der Waals surface area contributed by atoms with E-state index in [1.807, 2.05) is 25.1 Å². The molecule has 1 N–H and O–H groups in total. The van der Waals surface area contributed by atoms with Crippen LogP contribution in [0.25, 0.3) is 0 Å². The Balaban J connectivity index is 2.63. The maximum absolute atomic E-state index is 10.4. The van der Waals surface area contributed by atoms with Crippen molar-refractivity contribution >= 4 is 11.7 Å². The van der Waals surface area contributed by atoms with Crippen LogP contribution in [0.5, 0.6) is 0 Å². The van der Waals surface area contributed by atoms with E-state index in [-0.39, 0.29) is 6.42 Å². The van der Waals surface area contributed by atoms with Crippen LogP contribution >= 0.6 is 0 Å². The average Bonchev–Trinajstić information content (AvgIpc) is 2.17. The van der Waals surface area contributed by atoms with Crippen LogP contribution in [0.2, 0.25) is 0 Å². The first kappa shape index (κ1) is 11.5. The molecular weight excluding hydrogens is 192 g/mol. The molecule has 0 aromatic carbocycles. The summed E-state index contributed by atoms with van der Waals surface area (Å²) in [7, 11) is 3.94. The molecule has 0 aliphatic rings. The number of aliphatic carboxylic acids is 1. The molecule has 0 atom stereocenters. The lowest BCUT2D eigenvalue weighted by atomic mass is 10.1. The summed E-state index contributed by atoms with van der Waals surface area (Å²) in [5.74, 6) is -0.745. The molecule has 0 aliphatic heterocycles. The Bertz CT molecular complexity index is 337. The second kappa shape index (κ2) is 5.34. The number of rotatable bonds is 5. The average molecular weight is 208 g/mol.